The van der Waals surface area contributed by atoms with Gasteiger partial charge in [0.1, 0.15) is 30.2 Å². The van der Waals surface area contributed by atoms with Gasteiger partial charge < -0.3 is 14.4 Å². The van der Waals surface area contributed by atoms with Gasteiger partial charge in [0.15, 0.2) is 5.82 Å². The molecule has 0 bridgehead atoms. The zero-order valence-corrected chi connectivity index (χ0v) is 33.3. The summed E-state index contributed by atoms with van der Waals surface area (Å²) < 4.78 is 39.9. The Bertz CT molecular complexity index is 2330. The van der Waals surface area contributed by atoms with Gasteiger partial charge in [0, 0.05) is 18.7 Å². The summed E-state index contributed by atoms with van der Waals surface area (Å²) in [4.78, 5) is 29.1. The van der Waals surface area contributed by atoms with Gasteiger partial charge >= 0.3 is 13.8 Å². The second kappa shape index (κ2) is 17.9. The zero-order valence-electron chi connectivity index (χ0n) is 32.4. The molecule has 1 N–H and O–H groups in total. The number of benzene rings is 4. The molecule has 7 rings (SSSR count). The number of ether oxygens (including phenoxy) is 2. The van der Waals surface area contributed by atoms with Gasteiger partial charge in [0.2, 0.25) is 5.91 Å². The summed E-state index contributed by atoms with van der Waals surface area (Å²) in [5, 5.41) is 16.6. The number of carbonyl (C=O) groups excluding carboxylic acids is 2. The van der Waals surface area contributed by atoms with Crippen molar-refractivity contribution in [3.63, 3.8) is 0 Å². The number of hydrogen-bond donors (Lipinski definition) is 1. The van der Waals surface area contributed by atoms with Crippen LogP contribution in [0.5, 0.6) is 5.75 Å². The molecule has 0 atom stereocenters. The molecule has 1 saturated heterocycles. The maximum absolute atomic E-state index is 14.6. The number of anilines is 2. The first-order chi connectivity index (χ1) is 28.0. The Labute approximate surface area is 336 Å². The molecule has 1 aliphatic heterocycles. The molecular weight excluding hydrogens is 757 g/mol. The molecule has 0 aliphatic carbocycles. The Morgan fingerprint density at radius 1 is 0.776 bits per heavy atom. The standard InChI is InChI=1S/C43H44N7O7P/c1-43(2,3)57-42(52)48-23-24-49(40(51)28-48)35-26-44-50(27-35)38-25-37(36-21-13-14-22-39(36)54-29-32-15-7-4-8-16-32)45-46-41(38)47-58(53,55-30-33-17-9-5-10-18-33)56-31-34-19-11-6-12-20-34/h4-22,25-27H,23-24,28-31H2,1-3H3,(H,46,47,53). The number of amides is 2. The molecular formula is C43H44N7O7P. The number of carbonyl (C=O) groups is 2. The van der Waals surface area contributed by atoms with E-state index in [4.69, 9.17) is 18.5 Å². The molecule has 0 spiro atoms. The minimum Gasteiger partial charge on any atom is -0.488 e. The van der Waals surface area contributed by atoms with Crippen LogP contribution in [0, 0.1) is 0 Å². The average Bonchev–Trinajstić information content (AvgIpc) is 3.72. The molecule has 0 saturated carbocycles. The highest BCUT2D eigenvalue weighted by Gasteiger charge is 2.33. The lowest BCUT2D eigenvalue weighted by molar-refractivity contribution is -0.121. The maximum atomic E-state index is 14.6. The summed E-state index contributed by atoms with van der Waals surface area (Å²) in [5.41, 5.74) is 3.78. The van der Waals surface area contributed by atoms with E-state index >= 15 is 0 Å². The number of para-hydroxylation sites is 1. The van der Waals surface area contributed by atoms with E-state index in [9.17, 15) is 14.2 Å². The molecule has 2 aromatic heterocycles. The van der Waals surface area contributed by atoms with E-state index in [0.717, 1.165) is 16.7 Å². The first-order valence-corrected chi connectivity index (χ1v) is 20.3. The van der Waals surface area contributed by atoms with E-state index < -0.39 is 19.4 Å². The largest absolute Gasteiger partial charge is 0.488 e. The van der Waals surface area contributed by atoms with Crippen LogP contribution < -0.4 is 14.7 Å². The molecule has 58 heavy (non-hydrogen) atoms. The van der Waals surface area contributed by atoms with E-state index in [1.807, 2.05) is 115 Å². The average molecular weight is 802 g/mol. The van der Waals surface area contributed by atoms with Crippen LogP contribution in [-0.4, -0.2) is 62.1 Å². The highest BCUT2D eigenvalue weighted by Crippen LogP contribution is 2.50. The Kier molecular flexibility index (Phi) is 12.3. The highest BCUT2D eigenvalue weighted by atomic mass is 31.2. The molecule has 15 heteroatoms. The van der Waals surface area contributed by atoms with Crippen LogP contribution in [0.4, 0.5) is 16.3 Å². The van der Waals surface area contributed by atoms with Crippen molar-refractivity contribution in [1.29, 1.82) is 0 Å². The first kappa shape index (κ1) is 39.9. The quantitative estimate of drug-likeness (QED) is 0.106. The summed E-state index contributed by atoms with van der Waals surface area (Å²) in [6, 6.07) is 37.7. The van der Waals surface area contributed by atoms with Crippen LogP contribution in [0.1, 0.15) is 37.5 Å². The topological polar surface area (TPSA) is 150 Å². The summed E-state index contributed by atoms with van der Waals surface area (Å²) in [7, 11) is -4.15. The van der Waals surface area contributed by atoms with Crippen molar-refractivity contribution in [2.75, 3.05) is 29.6 Å². The predicted octanol–water partition coefficient (Wildman–Crippen LogP) is 8.45. The smallest absolute Gasteiger partial charge is 0.434 e. The van der Waals surface area contributed by atoms with E-state index in [2.05, 4.69) is 20.4 Å². The Hall–Kier alpha value is -6.34. The first-order valence-electron chi connectivity index (χ1n) is 18.7. The number of nitrogens with zero attached hydrogens (tertiary/aromatic N) is 6. The second-order valence-corrected chi connectivity index (χ2v) is 16.2. The van der Waals surface area contributed by atoms with Gasteiger partial charge in [-0.05, 0) is 55.7 Å². The van der Waals surface area contributed by atoms with Crippen LogP contribution in [0.2, 0.25) is 0 Å². The van der Waals surface area contributed by atoms with Gasteiger partial charge in [-0.3, -0.25) is 23.8 Å². The highest BCUT2D eigenvalue weighted by molar-refractivity contribution is 7.55. The lowest BCUT2D eigenvalue weighted by Gasteiger charge is -2.34. The fourth-order valence-electron chi connectivity index (χ4n) is 6.02. The van der Waals surface area contributed by atoms with Crippen molar-refractivity contribution in [2.24, 2.45) is 0 Å². The zero-order chi connectivity index (χ0) is 40.5. The van der Waals surface area contributed by atoms with E-state index in [-0.39, 0.29) is 44.6 Å². The Morgan fingerprint density at radius 2 is 1.36 bits per heavy atom. The van der Waals surface area contributed by atoms with Gasteiger partial charge in [-0.25, -0.2) is 14.0 Å². The van der Waals surface area contributed by atoms with Crippen molar-refractivity contribution in [3.05, 3.63) is 150 Å². The summed E-state index contributed by atoms with van der Waals surface area (Å²) in [5.74, 6) is 0.317. The molecule has 298 valence electrons. The fourth-order valence-corrected chi connectivity index (χ4v) is 7.28. The van der Waals surface area contributed by atoms with Gasteiger partial charge in [0.25, 0.3) is 0 Å². The van der Waals surface area contributed by atoms with Crippen LogP contribution in [-0.2, 0) is 43.0 Å². The minimum absolute atomic E-state index is 0.0177. The van der Waals surface area contributed by atoms with Crippen LogP contribution >= 0.6 is 7.75 Å². The van der Waals surface area contributed by atoms with Crippen molar-refractivity contribution in [2.45, 2.75) is 46.2 Å². The number of hydrogen-bond acceptors (Lipinski definition) is 10. The molecule has 1 fully saturated rings. The molecule has 1 aliphatic rings. The van der Waals surface area contributed by atoms with E-state index in [1.165, 1.54) is 9.58 Å². The predicted molar refractivity (Wildman–Crippen MR) is 219 cm³/mol. The van der Waals surface area contributed by atoms with Crippen molar-refractivity contribution in [3.8, 4) is 22.7 Å². The van der Waals surface area contributed by atoms with Gasteiger partial charge in [-0.15, -0.1) is 10.2 Å². The molecule has 6 aromatic rings. The monoisotopic (exact) mass is 801 g/mol. The Balaban J connectivity index is 1.22. The third kappa shape index (κ3) is 10.3. The van der Waals surface area contributed by atoms with Crippen LogP contribution in [0.15, 0.2) is 134 Å². The molecule has 0 radical (unpaired) electrons. The molecule has 3 heterocycles. The fraction of sp³-hybridized carbons (Fsp3) is 0.233. The summed E-state index contributed by atoms with van der Waals surface area (Å²) in [6.45, 7) is 5.95. The van der Waals surface area contributed by atoms with Gasteiger partial charge in [-0.1, -0.05) is 103 Å². The second-order valence-electron chi connectivity index (χ2n) is 14.5. The molecule has 14 nitrogen and oxygen atoms in total. The van der Waals surface area contributed by atoms with Crippen molar-refractivity contribution < 1.29 is 32.7 Å². The third-order valence-electron chi connectivity index (χ3n) is 8.90. The van der Waals surface area contributed by atoms with E-state index in [1.54, 1.807) is 44.1 Å². The molecule has 2 amide bonds. The molecule has 4 aromatic carbocycles. The lowest BCUT2D eigenvalue weighted by Crippen LogP contribution is -2.53. The molecule has 0 unspecified atom stereocenters. The third-order valence-corrected chi connectivity index (χ3v) is 10.3. The number of rotatable bonds is 14. The summed E-state index contributed by atoms with van der Waals surface area (Å²) in [6.07, 6.45) is 2.65. The Morgan fingerprint density at radius 3 is 1.97 bits per heavy atom. The normalized spacial score (nSPS) is 13.3. The van der Waals surface area contributed by atoms with Crippen LogP contribution in [0.25, 0.3) is 16.9 Å². The number of nitrogens with one attached hydrogen (secondary N) is 1. The van der Waals surface area contributed by atoms with Gasteiger partial charge in [0.05, 0.1) is 37.0 Å². The lowest BCUT2D eigenvalue weighted by atomic mass is 10.1. The number of aromatic nitrogens is 4. The minimum atomic E-state index is -4.15. The van der Waals surface area contributed by atoms with Crippen molar-refractivity contribution in [1.82, 2.24) is 24.9 Å². The van der Waals surface area contributed by atoms with Crippen molar-refractivity contribution >= 4 is 31.3 Å². The van der Waals surface area contributed by atoms with Crippen LogP contribution in [0.3, 0.4) is 0 Å². The van der Waals surface area contributed by atoms with Gasteiger partial charge in [-0.2, -0.15) is 5.10 Å². The van der Waals surface area contributed by atoms with E-state index in [0.29, 0.717) is 35.0 Å². The maximum Gasteiger partial charge on any atom is 0.434 e. The summed E-state index contributed by atoms with van der Waals surface area (Å²) >= 11 is 0. The number of piperazine rings is 1. The SMILES string of the molecule is CC(C)(C)OC(=O)N1CCN(c2cnn(-c3cc(-c4ccccc4OCc4ccccc4)nnc3NP(=O)(OCc3ccccc3)OCc3ccccc3)c2)C(=O)C1.